The molecule has 0 bridgehead atoms. The SMILES string of the molecule is CC(C)OCCNC1CCSC1C. The standard InChI is InChI=1S/C10H21NOS/c1-8(2)12-6-5-11-10-4-7-13-9(10)3/h8-11H,4-7H2,1-3H3. The molecule has 1 saturated heterocycles. The van der Waals surface area contributed by atoms with Crippen LogP contribution in [0.3, 0.4) is 0 Å². The van der Waals surface area contributed by atoms with Gasteiger partial charge in [0.15, 0.2) is 0 Å². The molecular formula is C10H21NOS. The molecule has 1 N–H and O–H groups in total. The van der Waals surface area contributed by atoms with Crippen molar-refractivity contribution in [3.63, 3.8) is 0 Å². The number of nitrogens with one attached hydrogen (secondary N) is 1. The monoisotopic (exact) mass is 203 g/mol. The minimum Gasteiger partial charge on any atom is -0.377 e. The summed E-state index contributed by atoms with van der Waals surface area (Å²) < 4.78 is 5.47. The molecule has 0 amide bonds. The fraction of sp³-hybridized carbons (Fsp3) is 1.00. The van der Waals surface area contributed by atoms with E-state index >= 15 is 0 Å². The normalized spacial score (nSPS) is 28.6. The Bertz CT molecular complexity index is 141. The van der Waals surface area contributed by atoms with Crippen molar-refractivity contribution in [3.8, 4) is 0 Å². The zero-order valence-electron chi connectivity index (χ0n) is 8.88. The van der Waals surface area contributed by atoms with Crippen LogP contribution in [0.25, 0.3) is 0 Å². The van der Waals surface area contributed by atoms with Crippen LogP contribution >= 0.6 is 11.8 Å². The molecule has 0 saturated carbocycles. The van der Waals surface area contributed by atoms with E-state index in [0.717, 1.165) is 18.4 Å². The topological polar surface area (TPSA) is 21.3 Å². The summed E-state index contributed by atoms with van der Waals surface area (Å²) in [6.07, 6.45) is 1.67. The molecule has 78 valence electrons. The van der Waals surface area contributed by atoms with Crippen molar-refractivity contribution >= 4 is 11.8 Å². The maximum absolute atomic E-state index is 5.47. The molecule has 2 atom stereocenters. The molecule has 1 rings (SSSR count). The van der Waals surface area contributed by atoms with Gasteiger partial charge in [0.1, 0.15) is 0 Å². The van der Waals surface area contributed by atoms with Crippen molar-refractivity contribution in [1.29, 1.82) is 0 Å². The van der Waals surface area contributed by atoms with Gasteiger partial charge in [0.25, 0.3) is 0 Å². The molecule has 2 unspecified atom stereocenters. The Labute approximate surface area is 85.8 Å². The Hall–Kier alpha value is 0.270. The first-order valence-corrected chi connectivity index (χ1v) is 6.21. The molecule has 0 aromatic carbocycles. The quantitative estimate of drug-likeness (QED) is 0.690. The molecule has 13 heavy (non-hydrogen) atoms. The largest absolute Gasteiger partial charge is 0.377 e. The first-order valence-electron chi connectivity index (χ1n) is 5.16. The summed E-state index contributed by atoms with van der Waals surface area (Å²) in [7, 11) is 0. The highest BCUT2D eigenvalue weighted by Crippen LogP contribution is 2.25. The number of rotatable bonds is 5. The number of thioether (sulfide) groups is 1. The van der Waals surface area contributed by atoms with E-state index in [-0.39, 0.29) is 0 Å². The zero-order valence-corrected chi connectivity index (χ0v) is 9.69. The summed E-state index contributed by atoms with van der Waals surface area (Å²) in [5.74, 6) is 1.31. The molecule has 0 radical (unpaired) electrons. The summed E-state index contributed by atoms with van der Waals surface area (Å²) in [6.45, 7) is 8.29. The molecule has 2 nitrogen and oxygen atoms in total. The van der Waals surface area contributed by atoms with Crippen LogP contribution < -0.4 is 5.32 Å². The first-order chi connectivity index (χ1) is 6.20. The van der Waals surface area contributed by atoms with Crippen LogP contribution in [0.5, 0.6) is 0 Å². The first kappa shape index (κ1) is 11.3. The summed E-state index contributed by atoms with van der Waals surface area (Å²) >= 11 is 2.07. The van der Waals surface area contributed by atoms with Crippen molar-refractivity contribution in [2.75, 3.05) is 18.9 Å². The van der Waals surface area contributed by atoms with Gasteiger partial charge in [0, 0.05) is 17.8 Å². The van der Waals surface area contributed by atoms with Gasteiger partial charge >= 0.3 is 0 Å². The van der Waals surface area contributed by atoms with Gasteiger partial charge in [-0.2, -0.15) is 11.8 Å². The minimum absolute atomic E-state index is 0.358. The fourth-order valence-corrected chi connectivity index (χ4v) is 2.77. The molecule has 1 aliphatic heterocycles. The fourth-order valence-electron chi connectivity index (χ4n) is 1.54. The molecule has 0 spiro atoms. The molecule has 3 heteroatoms. The highest BCUT2D eigenvalue weighted by atomic mass is 32.2. The molecule has 0 aromatic rings. The van der Waals surface area contributed by atoms with Crippen molar-refractivity contribution in [2.24, 2.45) is 0 Å². The maximum Gasteiger partial charge on any atom is 0.0594 e. The Morgan fingerprint density at radius 1 is 1.54 bits per heavy atom. The lowest BCUT2D eigenvalue weighted by Crippen LogP contribution is -2.36. The lowest BCUT2D eigenvalue weighted by molar-refractivity contribution is 0.0794. The van der Waals surface area contributed by atoms with Crippen molar-refractivity contribution in [1.82, 2.24) is 5.32 Å². The Morgan fingerprint density at radius 3 is 2.85 bits per heavy atom. The average molecular weight is 203 g/mol. The van der Waals surface area contributed by atoms with Crippen LogP contribution in [0.4, 0.5) is 0 Å². The van der Waals surface area contributed by atoms with E-state index in [0.29, 0.717) is 12.1 Å². The van der Waals surface area contributed by atoms with Crippen LogP contribution in [-0.2, 0) is 4.74 Å². The van der Waals surface area contributed by atoms with Crippen LogP contribution in [0.2, 0.25) is 0 Å². The summed E-state index contributed by atoms with van der Waals surface area (Å²) in [4.78, 5) is 0. The number of hydrogen-bond donors (Lipinski definition) is 1. The van der Waals surface area contributed by atoms with Gasteiger partial charge in [-0.3, -0.25) is 0 Å². The van der Waals surface area contributed by atoms with Crippen LogP contribution in [-0.4, -0.2) is 36.3 Å². The van der Waals surface area contributed by atoms with Gasteiger partial charge in [0.2, 0.25) is 0 Å². The third kappa shape index (κ3) is 4.34. The van der Waals surface area contributed by atoms with Crippen LogP contribution in [0.1, 0.15) is 27.2 Å². The third-order valence-electron chi connectivity index (χ3n) is 2.34. The van der Waals surface area contributed by atoms with Crippen molar-refractivity contribution in [2.45, 2.75) is 44.6 Å². The minimum atomic E-state index is 0.358. The van der Waals surface area contributed by atoms with Gasteiger partial charge in [-0.25, -0.2) is 0 Å². The molecule has 1 aliphatic rings. The lowest BCUT2D eigenvalue weighted by atomic mass is 10.2. The van der Waals surface area contributed by atoms with E-state index in [2.05, 4.69) is 37.8 Å². The lowest BCUT2D eigenvalue weighted by Gasteiger charge is -2.16. The van der Waals surface area contributed by atoms with Crippen LogP contribution in [0, 0.1) is 0 Å². The summed E-state index contributed by atoms with van der Waals surface area (Å²) in [6, 6.07) is 0.709. The average Bonchev–Trinajstić information content (AvgIpc) is 2.45. The highest BCUT2D eigenvalue weighted by molar-refractivity contribution is 8.00. The van der Waals surface area contributed by atoms with Gasteiger partial charge in [-0.15, -0.1) is 0 Å². The molecule has 1 fully saturated rings. The van der Waals surface area contributed by atoms with Gasteiger partial charge < -0.3 is 10.1 Å². The highest BCUT2D eigenvalue weighted by Gasteiger charge is 2.22. The molecule has 1 heterocycles. The predicted octanol–water partition coefficient (Wildman–Crippen LogP) is 1.90. The van der Waals surface area contributed by atoms with Crippen LogP contribution in [0.15, 0.2) is 0 Å². The second-order valence-electron chi connectivity index (χ2n) is 3.84. The van der Waals surface area contributed by atoms with Gasteiger partial charge in [-0.1, -0.05) is 6.92 Å². The Kier molecular flexibility index (Phi) is 5.14. The molecule has 0 aliphatic carbocycles. The Morgan fingerprint density at radius 2 is 2.31 bits per heavy atom. The number of ether oxygens (including phenoxy) is 1. The van der Waals surface area contributed by atoms with E-state index in [1.807, 2.05) is 0 Å². The summed E-state index contributed by atoms with van der Waals surface area (Å²) in [5.41, 5.74) is 0. The zero-order chi connectivity index (χ0) is 9.68. The second kappa shape index (κ2) is 5.89. The predicted molar refractivity (Wildman–Crippen MR) is 59.4 cm³/mol. The van der Waals surface area contributed by atoms with Crippen molar-refractivity contribution in [3.05, 3.63) is 0 Å². The Balaban J connectivity index is 1.99. The van der Waals surface area contributed by atoms with Gasteiger partial charge in [-0.05, 0) is 26.0 Å². The third-order valence-corrected chi connectivity index (χ3v) is 3.66. The van der Waals surface area contributed by atoms with E-state index < -0.39 is 0 Å². The number of hydrogen-bond acceptors (Lipinski definition) is 3. The second-order valence-corrected chi connectivity index (χ2v) is 5.33. The van der Waals surface area contributed by atoms with E-state index in [1.165, 1.54) is 12.2 Å². The van der Waals surface area contributed by atoms with Gasteiger partial charge in [0.05, 0.1) is 12.7 Å². The molecular weight excluding hydrogens is 182 g/mol. The van der Waals surface area contributed by atoms with E-state index in [1.54, 1.807) is 0 Å². The smallest absolute Gasteiger partial charge is 0.0594 e. The molecule has 0 aromatic heterocycles. The van der Waals surface area contributed by atoms with E-state index in [4.69, 9.17) is 4.74 Å². The van der Waals surface area contributed by atoms with Crippen molar-refractivity contribution < 1.29 is 4.74 Å². The van der Waals surface area contributed by atoms with E-state index in [9.17, 15) is 0 Å². The maximum atomic E-state index is 5.47. The summed E-state index contributed by atoms with van der Waals surface area (Å²) in [5, 5.41) is 4.32.